The Morgan fingerprint density at radius 1 is 0.622 bits per heavy atom. The second kappa shape index (κ2) is 8.06. The lowest BCUT2D eigenvalue weighted by molar-refractivity contribution is 1.35. The van der Waals surface area contributed by atoms with Gasteiger partial charge in [0, 0.05) is 33.0 Å². The number of aromatic amines is 1. The molecule has 1 aliphatic rings. The molecule has 7 aromatic rings. The molecule has 0 radical (unpaired) electrons. The Bertz CT molecular complexity index is 2050. The Labute approximate surface area is 219 Å². The number of nitrogens with one attached hydrogen (secondary N) is 1. The molecule has 2 aromatic heterocycles. The number of thiophene rings is 1. The van der Waals surface area contributed by atoms with E-state index in [1.165, 1.54) is 75.4 Å². The van der Waals surface area contributed by atoms with Crippen LogP contribution in [0, 0.1) is 0 Å². The zero-order valence-electron chi connectivity index (χ0n) is 20.2. The first-order valence-electron chi connectivity index (χ1n) is 12.7. The SMILES string of the molecule is C1=Cc2c(sc3c4[nH]c5ccccc5c4c4ccccc4c23)CC(c2cccc(-c3ccccc3)c2)=C1. The lowest BCUT2D eigenvalue weighted by Crippen LogP contribution is -1.90. The van der Waals surface area contributed by atoms with Gasteiger partial charge < -0.3 is 4.98 Å². The Balaban J connectivity index is 1.34. The molecule has 0 bridgehead atoms. The summed E-state index contributed by atoms with van der Waals surface area (Å²) < 4.78 is 1.36. The number of H-pyrrole nitrogens is 1. The number of aromatic nitrogens is 1. The first-order chi connectivity index (χ1) is 18.3. The van der Waals surface area contributed by atoms with Crippen molar-refractivity contribution in [2.45, 2.75) is 6.42 Å². The van der Waals surface area contributed by atoms with Crippen molar-refractivity contribution < 1.29 is 0 Å². The van der Waals surface area contributed by atoms with Crippen molar-refractivity contribution in [1.82, 2.24) is 4.98 Å². The van der Waals surface area contributed by atoms with E-state index in [1.54, 1.807) is 0 Å². The van der Waals surface area contributed by atoms with Crippen molar-refractivity contribution in [1.29, 1.82) is 0 Å². The van der Waals surface area contributed by atoms with E-state index in [4.69, 9.17) is 0 Å². The molecule has 0 aliphatic heterocycles. The first kappa shape index (κ1) is 20.8. The standard InChI is InChI=1S/C35H23NS/c1-2-10-22(11-3-1)23-12-8-13-24(20-23)25-14-9-18-29-31(21-25)37-35-33(29)27-16-5-4-15-26(27)32-28-17-6-7-19-30(28)36-34(32)35/h1-20,36H,21H2. The van der Waals surface area contributed by atoms with Gasteiger partial charge in [0.15, 0.2) is 0 Å². The molecule has 174 valence electrons. The first-order valence-corrected chi connectivity index (χ1v) is 13.6. The maximum Gasteiger partial charge on any atom is 0.0652 e. The monoisotopic (exact) mass is 489 g/mol. The molecule has 0 atom stereocenters. The Kier molecular flexibility index (Phi) is 4.52. The highest BCUT2D eigenvalue weighted by atomic mass is 32.1. The minimum atomic E-state index is 0.927. The number of para-hydroxylation sites is 1. The van der Waals surface area contributed by atoms with Crippen LogP contribution in [0.4, 0.5) is 0 Å². The molecule has 1 nitrogen and oxygen atoms in total. The maximum absolute atomic E-state index is 3.78. The van der Waals surface area contributed by atoms with Crippen LogP contribution < -0.4 is 0 Å². The average Bonchev–Trinajstić information content (AvgIpc) is 3.45. The quantitative estimate of drug-likeness (QED) is 0.249. The smallest absolute Gasteiger partial charge is 0.0652 e. The highest BCUT2D eigenvalue weighted by molar-refractivity contribution is 7.20. The van der Waals surface area contributed by atoms with Gasteiger partial charge in [-0.3, -0.25) is 0 Å². The van der Waals surface area contributed by atoms with E-state index in [1.807, 2.05) is 11.3 Å². The van der Waals surface area contributed by atoms with Gasteiger partial charge in [0.05, 0.1) is 10.2 Å². The number of hydrogen-bond acceptors (Lipinski definition) is 1. The fraction of sp³-hybridized carbons (Fsp3) is 0.0286. The van der Waals surface area contributed by atoms with Crippen LogP contribution in [0.1, 0.15) is 16.0 Å². The number of hydrogen-bond donors (Lipinski definition) is 1. The summed E-state index contributed by atoms with van der Waals surface area (Å²) >= 11 is 1.95. The Morgan fingerprint density at radius 3 is 2.19 bits per heavy atom. The second-order valence-electron chi connectivity index (χ2n) is 9.78. The molecule has 0 saturated carbocycles. The predicted octanol–water partition coefficient (Wildman–Crippen LogP) is 10.0. The van der Waals surface area contributed by atoms with Gasteiger partial charge in [-0.25, -0.2) is 0 Å². The summed E-state index contributed by atoms with van der Waals surface area (Å²) in [5, 5.41) is 6.67. The highest BCUT2D eigenvalue weighted by Crippen LogP contribution is 2.46. The largest absolute Gasteiger partial charge is 0.353 e. The average molecular weight is 490 g/mol. The topological polar surface area (TPSA) is 15.8 Å². The van der Waals surface area contributed by atoms with Gasteiger partial charge in [0.1, 0.15) is 0 Å². The van der Waals surface area contributed by atoms with Crippen molar-refractivity contribution >= 4 is 65.7 Å². The van der Waals surface area contributed by atoms with Crippen LogP contribution in [0.5, 0.6) is 0 Å². The van der Waals surface area contributed by atoms with Crippen LogP contribution in [-0.4, -0.2) is 4.98 Å². The molecule has 1 aliphatic carbocycles. The minimum Gasteiger partial charge on any atom is -0.353 e. The molecule has 0 spiro atoms. The van der Waals surface area contributed by atoms with E-state index in [2.05, 4.69) is 126 Å². The van der Waals surface area contributed by atoms with Crippen molar-refractivity contribution in [3.63, 3.8) is 0 Å². The molecular weight excluding hydrogens is 466 g/mol. The van der Waals surface area contributed by atoms with Crippen LogP contribution in [0.2, 0.25) is 0 Å². The van der Waals surface area contributed by atoms with E-state index in [9.17, 15) is 0 Å². The fourth-order valence-electron chi connectivity index (χ4n) is 5.97. The summed E-state index contributed by atoms with van der Waals surface area (Å²) in [6.07, 6.45) is 7.79. The summed E-state index contributed by atoms with van der Waals surface area (Å²) in [6, 6.07) is 37.2. The molecule has 2 heterocycles. The Morgan fingerprint density at radius 2 is 1.32 bits per heavy atom. The molecule has 0 saturated heterocycles. The molecule has 5 aromatic carbocycles. The maximum atomic E-state index is 3.78. The van der Waals surface area contributed by atoms with Crippen LogP contribution in [0.25, 0.3) is 65.4 Å². The second-order valence-corrected chi connectivity index (χ2v) is 10.9. The van der Waals surface area contributed by atoms with Crippen molar-refractivity contribution in [3.8, 4) is 11.1 Å². The van der Waals surface area contributed by atoms with E-state index in [0.29, 0.717) is 0 Å². The molecule has 0 fully saturated rings. The zero-order chi connectivity index (χ0) is 24.3. The minimum absolute atomic E-state index is 0.927. The van der Waals surface area contributed by atoms with E-state index >= 15 is 0 Å². The molecule has 2 heteroatoms. The van der Waals surface area contributed by atoms with Gasteiger partial charge in [0.2, 0.25) is 0 Å². The van der Waals surface area contributed by atoms with E-state index in [-0.39, 0.29) is 0 Å². The summed E-state index contributed by atoms with van der Waals surface area (Å²) in [7, 11) is 0. The molecular formula is C35H23NS. The van der Waals surface area contributed by atoms with Crippen molar-refractivity contribution in [2.24, 2.45) is 0 Å². The van der Waals surface area contributed by atoms with Gasteiger partial charge in [0.25, 0.3) is 0 Å². The fourth-order valence-corrected chi connectivity index (χ4v) is 7.30. The van der Waals surface area contributed by atoms with E-state index in [0.717, 1.165) is 6.42 Å². The summed E-state index contributed by atoms with van der Waals surface area (Å²) in [5.74, 6) is 0. The summed E-state index contributed by atoms with van der Waals surface area (Å²) in [6.45, 7) is 0. The predicted molar refractivity (Wildman–Crippen MR) is 161 cm³/mol. The molecule has 1 N–H and O–H groups in total. The third-order valence-electron chi connectivity index (χ3n) is 7.67. The summed E-state index contributed by atoms with van der Waals surface area (Å²) in [5.41, 5.74) is 8.99. The summed E-state index contributed by atoms with van der Waals surface area (Å²) in [4.78, 5) is 5.21. The normalized spacial score (nSPS) is 13.4. The number of benzene rings is 5. The molecule has 0 unspecified atom stereocenters. The van der Waals surface area contributed by atoms with Crippen LogP contribution in [0.15, 0.2) is 115 Å². The van der Waals surface area contributed by atoms with Crippen molar-refractivity contribution in [3.05, 3.63) is 131 Å². The highest BCUT2D eigenvalue weighted by Gasteiger charge is 2.21. The van der Waals surface area contributed by atoms with E-state index < -0.39 is 0 Å². The van der Waals surface area contributed by atoms with Crippen LogP contribution in [0.3, 0.4) is 0 Å². The third kappa shape index (κ3) is 3.16. The number of allylic oxidation sites excluding steroid dienone is 3. The number of rotatable bonds is 2. The van der Waals surface area contributed by atoms with Crippen LogP contribution in [-0.2, 0) is 6.42 Å². The van der Waals surface area contributed by atoms with Gasteiger partial charge >= 0.3 is 0 Å². The van der Waals surface area contributed by atoms with Gasteiger partial charge in [-0.1, -0.05) is 109 Å². The lowest BCUT2D eigenvalue weighted by atomic mass is 9.95. The number of fused-ring (bicyclic) bond motifs is 10. The van der Waals surface area contributed by atoms with Gasteiger partial charge in [-0.2, -0.15) is 0 Å². The lowest BCUT2D eigenvalue weighted by Gasteiger charge is -2.09. The molecule has 8 rings (SSSR count). The molecule has 37 heavy (non-hydrogen) atoms. The van der Waals surface area contributed by atoms with Gasteiger partial charge in [-0.05, 0) is 50.7 Å². The zero-order valence-corrected chi connectivity index (χ0v) is 21.0. The van der Waals surface area contributed by atoms with Crippen molar-refractivity contribution in [2.75, 3.05) is 0 Å². The molecule has 0 amide bonds. The van der Waals surface area contributed by atoms with Gasteiger partial charge in [-0.15, -0.1) is 11.3 Å². The Hall–Kier alpha value is -4.40. The third-order valence-corrected chi connectivity index (χ3v) is 8.90. The van der Waals surface area contributed by atoms with Crippen LogP contribution >= 0.6 is 11.3 Å².